The van der Waals surface area contributed by atoms with Crippen molar-refractivity contribution >= 4 is 36.7 Å². The van der Waals surface area contributed by atoms with Gasteiger partial charge in [-0.1, -0.05) is 58.2 Å². The molecule has 0 spiro atoms. The van der Waals surface area contributed by atoms with Gasteiger partial charge < -0.3 is 4.43 Å². The Morgan fingerprint density at radius 1 is 1.20 bits per heavy atom. The minimum Gasteiger partial charge on any atom is -0.413 e. The van der Waals surface area contributed by atoms with Crippen LogP contribution in [0.4, 0.5) is 0 Å². The highest BCUT2D eigenvalue weighted by molar-refractivity contribution is 14.1. The van der Waals surface area contributed by atoms with E-state index in [9.17, 15) is 4.79 Å². The predicted molar refractivity (Wildman–Crippen MR) is 117 cm³/mol. The van der Waals surface area contributed by atoms with Gasteiger partial charge in [0.05, 0.1) is 6.10 Å². The lowest BCUT2D eigenvalue weighted by Crippen LogP contribution is -2.46. The highest BCUT2D eigenvalue weighted by atomic mass is 127. The summed E-state index contributed by atoms with van der Waals surface area (Å²) in [6.45, 7) is 11.4. The van der Waals surface area contributed by atoms with Crippen LogP contribution in [0.1, 0.15) is 69.7 Å². The summed E-state index contributed by atoms with van der Waals surface area (Å²) < 4.78 is 7.83. The van der Waals surface area contributed by atoms with Gasteiger partial charge in [-0.25, -0.2) is 0 Å². The smallest absolute Gasteiger partial charge is 0.192 e. The van der Waals surface area contributed by atoms with Crippen molar-refractivity contribution in [3.8, 4) is 0 Å². The number of benzene rings is 1. The number of halogens is 1. The van der Waals surface area contributed by atoms with E-state index in [1.807, 2.05) is 24.3 Å². The lowest BCUT2D eigenvalue weighted by atomic mass is 9.83. The van der Waals surface area contributed by atoms with E-state index in [2.05, 4.69) is 56.5 Å². The molecule has 140 valence electrons. The van der Waals surface area contributed by atoms with Gasteiger partial charge in [0.25, 0.3) is 0 Å². The average Bonchev–Trinajstić information content (AvgIpc) is 2.54. The molecule has 25 heavy (non-hydrogen) atoms. The van der Waals surface area contributed by atoms with Crippen LogP contribution in [0.25, 0.3) is 0 Å². The molecule has 0 aromatic heterocycles. The van der Waals surface area contributed by atoms with E-state index in [1.54, 1.807) is 0 Å². The average molecular weight is 472 g/mol. The van der Waals surface area contributed by atoms with Crippen LogP contribution in [-0.4, -0.2) is 20.2 Å². The van der Waals surface area contributed by atoms with Crippen LogP contribution < -0.4 is 0 Å². The summed E-state index contributed by atoms with van der Waals surface area (Å²) in [4.78, 5) is 13.0. The zero-order valence-corrected chi connectivity index (χ0v) is 19.6. The molecule has 4 heteroatoms. The molecule has 1 atom stereocenters. The van der Waals surface area contributed by atoms with E-state index >= 15 is 0 Å². The first-order valence-electron chi connectivity index (χ1n) is 9.57. The first-order valence-corrected chi connectivity index (χ1v) is 13.6. The third kappa shape index (κ3) is 5.63. The van der Waals surface area contributed by atoms with Crippen molar-refractivity contribution in [2.24, 2.45) is 5.92 Å². The number of carbonyl (C=O) groups excluding carboxylic acids is 1. The summed E-state index contributed by atoms with van der Waals surface area (Å²) >= 11 is 2.26. The summed E-state index contributed by atoms with van der Waals surface area (Å²) in [5.74, 6) is 0.771. The molecule has 1 aliphatic rings. The molecule has 2 rings (SSSR count). The molecule has 0 bridgehead atoms. The van der Waals surface area contributed by atoms with Crippen molar-refractivity contribution in [2.75, 3.05) is 0 Å². The van der Waals surface area contributed by atoms with Gasteiger partial charge in [0.2, 0.25) is 0 Å². The second-order valence-electron chi connectivity index (χ2n) is 8.92. The van der Waals surface area contributed by atoms with Gasteiger partial charge in [0, 0.05) is 15.6 Å². The summed E-state index contributed by atoms with van der Waals surface area (Å²) in [6, 6.07) is 7.91. The number of hydrogen-bond acceptors (Lipinski definition) is 2. The van der Waals surface area contributed by atoms with E-state index in [0.29, 0.717) is 12.3 Å². The van der Waals surface area contributed by atoms with E-state index < -0.39 is 8.32 Å². The third-order valence-corrected chi connectivity index (χ3v) is 11.4. The van der Waals surface area contributed by atoms with Crippen LogP contribution in [-0.2, 0) is 4.43 Å². The molecular formula is C21H33IO2Si. The van der Waals surface area contributed by atoms with Gasteiger partial charge in [-0.15, -0.1) is 0 Å². The second kappa shape index (κ2) is 8.66. The molecule has 0 saturated heterocycles. The Morgan fingerprint density at radius 2 is 1.80 bits per heavy atom. The third-order valence-electron chi connectivity index (χ3n) is 5.99. The lowest BCUT2D eigenvalue weighted by molar-refractivity contribution is 0.0687. The van der Waals surface area contributed by atoms with Crippen LogP contribution in [0.15, 0.2) is 24.3 Å². The van der Waals surface area contributed by atoms with Crippen molar-refractivity contribution in [3.05, 3.63) is 33.4 Å². The number of hydrogen-bond donors (Lipinski definition) is 0. The SMILES string of the molecule is CC(C)(C)[Si](C)(C)OC(CC(=O)c1ccccc1I)C1CCCCC1. The standard InChI is InChI=1S/C21H33IO2Si/c1-21(2,3)25(4,5)24-20(16-11-7-6-8-12-16)15-19(23)17-13-9-10-14-18(17)22/h9-10,13-14,16,20H,6-8,11-12,15H2,1-5H3. The van der Waals surface area contributed by atoms with E-state index in [4.69, 9.17) is 4.43 Å². The van der Waals surface area contributed by atoms with Crippen LogP contribution in [0.2, 0.25) is 18.1 Å². The second-order valence-corrected chi connectivity index (χ2v) is 14.8. The largest absolute Gasteiger partial charge is 0.413 e. The fourth-order valence-corrected chi connectivity index (χ4v) is 5.42. The fourth-order valence-electron chi connectivity index (χ4n) is 3.35. The zero-order valence-electron chi connectivity index (χ0n) is 16.4. The molecule has 1 unspecified atom stereocenters. The van der Waals surface area contributed by atoms with Crippen molar-refractivity contribution in [1.82, 2.24) is 0 Å². The Labute approximate surface area is 168 Å². The normalized spacial score (nSPS) is 18.2. The summed E-state index contributed by atoms with van der Waals surface area (Å²) in [7, 11) is -1.89. The lowest BCUT2D eigenvalue weighted by Gasteiger charge is -2.42. The number of ketones is 1. The fraction of sp³-hybridized carbons (Fsp3) is 0.667. The Balaban J connectivity index is 2.19. The Hall–Kier alpha value is -0.203. The molecule has 1 saturated carbocycles. The summed E-state index contributed by atoms with van der Waals surface area (Å²) in [5.41, 5.74) is 0.850. The maximum Gasteiger partial charge on any atom is 0.192 e. The van der Waals surface area contributed by atoms with Gasteiger partial charge in [0.1, 0.15) is 0 Å². The van der Waals surface area contributed by atoms with Crippen molar-refractivity contribution < 1.29 is 9.22 Å². The van der Waals surface area contributed by atoms with E-state index in [1.165, 1.54) is 32.1 Å². The van der Waals surface area contributed by atoms with Gasteiger partial charge in [0.15, 0.2) is 14.1 Å². The topological polar surface area (TPSA) is 26.3 Å². The molecule has 0 N–H and O–H groups in total. The molecule has 0 heterocycles. The maximum atomic E-state index is 13.0. The van der Waals surface area contributed by atoms with Gasteiger partial charge in [-0.3, -0.25) is 4.79 Å². The Kier molecular flexibility index (Phi) is 7.31. The minimum absolute atomic E-state index is 0.0738. The van der Waals surface area contributed by atoms with Gasteiger partial charge >= 0.3 is 0 Å². The maximum absolute atomic E-state index is 13.0. The van der Waals surface area contributed by atoms with Crippen LogP contribution >= 0.6 is 22.6 Å². The first-order chi connectivity index (χ1) is 11.6. The monoisotopic (exact) mass is 472 g/mol. The highest BCUT2D eigenvalue weighted by Crippen LogP contribution is 2.40. The van der Waals surface area contributed by atoms with E-state index in [0.717, 1.165) is 9.13 Å². The number of carbonyl (C=O) groups is 1. The molecule has 0 aliphatic heterocycles. The molecule has 2 nitrogen and oxygen atoms in total. The Bertz CT molecular complexity index is 586. The highest BCUT2D eigenvalue weighted by Gasteiger charge is 2.41. The Morgan fingerprint density at radius 3 is 2.36 bits per heavy atom. The molecule has 1 fully saturated rings. The molecule has 1 aliphatic carbocycles. The first kappa shape index (κ1) is 21.1. The molecule has 1 aromatic carbocycles. The van der Waals surface area contributed by atoms with Gasteiger partial charge in [-0.2, -0.15) is 0 Å². The van der Waals surface area contributed by atoms with E-state index in [-0.39, 0.29) is 16.9 Å². The number of rotatable bonds is 6. The zero-order chi connectivity index (χ0) is 18.7. The quantitative estimate of drug-likeness (QED) is 0.258. The molecular weight excluding hydrogens is 439 g/mol. The number of Topliss-reactive ketones (excluding diaryl/α,β-unsaturated/α-hetero) is 1. The molecule has 1 aromatic rings. The van der Waals surface area contributed by atoms with Crippen LogP contribution in [0.3, 0.4) is 0 Å². The van der Waals surface area contributed by atoms with Crippen molar-refractivity contribution in [3.63, 3.8) is 0 Å². The van der Waals surface area contributed by atoms with Crippen LogP contribution in [0, 0.1) is 9.49 Å². The minimum atomic E-state index is -1.89. The van der Waals surface area contributed by atoms with Crippen molar-refractivity contribution in [2.45, 2.75) is 83.5 Å². The molecule has 0 radical (unpaired) electrons. The molecule has 0 amide bonds. The van der Waals surface area contributed by atoms with Crippen molar-refractivity contribution in [1.29, 1.82) is 0 Å². The van der Waals surface area contributed by atoms with Gasteiger partial charge in [-0.05, 0) is 65.5 Å². The summed E-state index contributed by atoms with van der Waals surface area (Å²) in [5, 5.41) is 0.171. The summed E-state index contributed by atoms with van der Waals surface area (Å²) in [6.07, 6.45) is 6.89. The van der Waals surface area contributed by atoms with Crippen LogP contribution in [0.5, 0.6) is 0 Å². The predicted octanol–water partition coefficient (Wildman–Crippen LogP) is 6.83.